The molecule has 0 atom stereocenters. The molecule has 0 fully saturated rings. The Labute approximate surface area is 126 Å². The number of carbonyl (C=O) groups excluding carboxylic acids is 1. The SMILES string of the molecule is O=C(c1cc2cc(Br)ccc2o1)c1ccccc1Br. The second-order valence-corrected chi connectivity index (χ2v) is 5.87. The summed E-state index contributed by atoms with van der Waals surface area (Å²) in [6.45, 7) is 0. The van der Waals surface area contributed by atoms with Gasteiger partial charge in [0.05, 0.1) is 0 Å². The summed E-state index contributed by atoms with van der Waals surface area (Å²) in [7, 11) is 0. The number of hydrogen-bond acceptors (Lipinski definition) is 2. The van der Waals surface area contributed by atoms with E-state index in [9.17, 15) is 4.79 Å². The fraction of sp³-hybridized carbons (Fsp3) is 0. The molecule has 94 valence electrons. The molecule has 0 amide bonds. The van der Waals surface area contributed by atoms with Gasteiger partial charge >= 0.3 is 0 Å². The number of fused-ring (bicyclic) bond motifs is 1. The maximum atomic E-state index is 12.4. The maximum Gasteiger partial charge on any atom is 0.229 e. The van der Waals surface area contributed by atoms with E-state index in [0.717, 1.165) is 14.3 Å². The van der Waals surface area contributed by atoms with Crippen molar-refractivity contribution >= 4 is 48.6 Å². The van der Waals surface area contributed by atoms with Gasteiger partial charge in [0.2, 0.25) is 5.78 Å². The average molecular weight is 380 g/mol. The number of halogens is 2. The van der Waals surface area contributed by atoms with Crippen molar-refractivity contribution in [2.75, 3.05) is 0 Å². The zero-order valence-corrected chi connectivity index (χ0v) is 12.9. The molecular formula is C15H8Br2O2. The minimum Gasteiger partial charge on any atom is -0.453 e. The second kappa shape index (κ2) is 4.94. The molecule has 0 bridgehead atoms. The number of hydrogen-bond donors (Lipinski definition) is 0. The van der Waals surface area contributed by atoms with Crippen molar-refractivity contribution < 1.29 is 9.21 Å². The first kappa shape index (κ1) is 12.6. The Morgan fingerprint density at radius 3 is 2.58 bits per heavy atom. The lowest BCUT2D eigenvalue weighted by molar-refractivity contribution is 0.101. The topological polar surface area (TPSA) is 30.2 Å². The van der Waals surface area contributed by atoms with Crippen molar-refractivity contribution in [2.24, 2.45) is 0 Å². The first-order chi connectivity index (χ1) is 9.15. The maximum absolute atomic E-state index is 12.4. The zero-order valence-electron chi connectivity index (χ0n) is 9.69. The molecule has 0 radical (unpaired) electrons. The molecular weight excluding hydrogens is 372 g/mol. The third kappa shape index (κ3) is 2.38. The Kier molecular flexibility index (Phi) is 3.29. The Hall–Kier alpha value is -1.39. The molecule has 0 unspecified atom stereocenters. The molecule has 4 heteroatoms. The van der Waals surface area contributed by atoms with E-state index in [1.54, 1.807) is 12.1 Å². The van der Waals surface area contributed by atoms with E-state index in [-0.39, 0.29) is 5.78 Å². The van der Waals surface area contributed by atoms with Gasteiger partial charge in [0, 0.05) is 19.9 Å². The summed E-state index contributed by atoms with van der Waals surface area (Å²) in [6, 6.07) is 14.7. The van der Waals surface area contributed by atoms with Crippen LogP contribution < -0.4 is 0 Å². The summed E-state index contributed by atoms with van der Waals surface area (Å²) in [4.78, 5) is 12.4. The van der Waals surface area contributed by atoms with Gasteiger partial charge in [0.25, 0.3) is 0 Å². The quantitative estimate of drug-likeness (QED) is 0.573. The average Bonchev–Trinajstić information content (AvgIpc) is 2.81. The summed E-state index contributed by atoms with van der Waals surface area (Å²) < 4.78 is 7.33. The van der Waals surface area contributed by atoms with Crippen LogP contribution in [0.15, 0.2) is 61.9 Å². The number of carbonyl (C=O) groups is 1. The molecule has 0 aliphatic rings. The highest BCUT2D eigenvalue weighted by Crippen LogP contribution is 2.26. The molecule has 0 spiro atoms. The van der Waals surface area contributed by atoms with Gasteiger partial charge in [-0.1, -0.05) is 44.0 Å². The number of benzene rings is 2. The van der Waals surface area contributed by atoms with E-state index in [2.05, 4.69) is 31.9 Å². The normalized spacial score (nSPS) is 10.8. The third-order valence-corrected chi connectivity index (χ3v) is 4.01. The van der Waals surface area contributed by atoms with Crippen LogP contribution in [-0.4, -0.2) is 5.78 Å². The Balaban J connectivity index is 2.09. The summed E-state index contributed by atoms with van der Waals surface area (Å²) >= 11 is 6.78. The molecule has 0 aliphatic carbocycles. The van der Waals surface area contributed by atoms with Crippen LogP contribution in [0.4, 0.5) is 0 Å². The van der Waals surface area contributed by atoms with Crippen molar-refractivity contribution in [3.05, 3.63) is 68.8 Å². The van der Waals surface area contributed by atoms with Crippen molar-refractivity contribution in [3.63, 3.8) is 0 Å². The second-order valence-electron chi connectivity index (χ2n) is 4.10. The summed E-state index contributed by atoms with van der Waals surface area (Å²) in [5.74, 6) is 0.222. The number of furan rings is 1. The van der Waals surface area contributed by atoms with E-state index in [0.29, 0.717) is 16.9 Å². The molecule has 0 aliphatic heterocycles. The lowest BCUT2D eigenvalue weighted by Gasteiger charge is -1.99. The first-order valence-electron chi connectivity index (χ1n) is 5.63. The zero-order chi connectivity index (χ0) is 13.4. The van der Waals surface area contributed by atoms with E-state index in [1.165, 1.54) is 0 Å². The molecule has 1 aromatic heterocycles. The van der Waals surface area contributed by atoms with Crippen molar-refractivity contribution in [3.8, 4) is 0 Å². The lowest BCUT2D eigenvalue weighted by Crippen LogP contribution is -2.00. The van der Waals surface area contributed by atoms with Gasteiger partial charge in [-0.25, -0.2) is 0 Å². The molecule has 2 aromatic carbocycles. The van der Waals surface area contributed by atoms with Crippen molar-refractivity contribution in [1.82, 2.24) is 0 Å². The fourth-order valence-electron chi connectivity index (χ4n) is 1.90. The van der Waals surface area contributed by atoms with Crippen LogP contribution in [0.25, 0.3) is 11.0 Å². The summed E-state index contributed by atoms with van der Waals surface area (Å²) in [6.07, 6.45) is 0. The van der Waals surface area contributed by atoms with E-state index in [1.807, 2.05) is 36.4 Å². The number of ketones is 1. The Bertz CT molecular complexity index is 775. The van der Waals surface area contributed by atoms with Gasteiger partial charge < -0.3 is 4.42 Å². The van der Waals surface area contributed by atoms with Gasteiger partial charge in [-0.3, -0.25) is 4.79 Å². The van der Waals surface area contributed by atoms with Crippen molar-refractivity contribution in [2.45, 2.75) is 0 Å². The van der Waals surface area contributed by atoms with Gasteiger partial charge in [-0.15, -0.1) is 0 Å². The van der Waals surface area contributed by atoms with Crippen LogP contribution in [0.5, 0.6) is 0 Å². The van der Waals surface area contributed by atoms with Crippen LogP contribution in [0.3, 0.4) is 0 Å². The van der Waals surface area contributed by atoms with E-state index < -0.39 is 0 Å². The predicted octanol–water partition coefficient (Wildman–Crippen LogP) is 5.19. The monoisotopic (exact) mass is 378 g/mol. The van der Waals surface area contributed by atoms with Gasteiger partial charge in [-0.05, 0) is 36.4 Å². The highest BCUT2D eigenvalue weighted by molar-refractivity contribution is 9.10. The molecule has 0 saturated heterocycles. The minimum atomic E-state index is -0.125. The van der Waals surface area contributed by atoms with Crippen LogP contribution in [-0.2, 0) is 0 Å². The molecule has 0 saturated carbocycles. The molecule has 0 N–H and O–H groups in total. The van der Waals surface area contributed by atoms with Crippen LogP contribution in [0.1, 0.15) is 16.1 Å². The smallest absolute Gasteiger partial charge is 0.229 e. The molecule has 1 heterocycles. The lowest BCUT2D eigenvalue weighted by atomic mass is 10.1. The highest BCUT2D eigenvalue weighted by atomic mass is 79.9. The first-order valence-corrected chi connectivity index (χ1v) is 7.22. The van der Waals surface area contributed by atoms with Gasteiger partial charge in [-0.2, -0.15) is 0 Å². The van der Waals surface area contributed by atoms with E-state index >= 15 is 0 Å². The van der Waals surface area contributed by atoms with Gasteiger partial charge in [0.15, 0.2) is 5.76 Å². The largest absolute Gasteiger partial charge is 0.453 e. The minimum absolute atomic E-state index is 0.125. The predicted molar refractivity (Wildman–Crippen MR) is 81.5 cm³/mol. The molecule has 3 aromatic rings. The summed E-state index contributed by atoms with van der Waals surface area (Å²) in [5, 5.41) is 0.907. The van der Waals surface area contributed by atoms with E-state index in [4.69, 9.17) is 4.42 Å². The molecule has 3 rings (SSSR count). The molecule has 19 heavy (non-hydrogen) atoms. The van der Waals surface area contributed by atoms with Crippen LogP contribution >= 0.6 is 31.9 Å². The van der Waals surface area contributed by atoms with Gasteiger partial charge in [0.1, 0.15) is 5.58 Å². The van der Waals surface area contributed by atoms with Crippen LogP contribution in [0, 0.1) is 0 Å². The molecule has 2 nitrogen and oxygen atoms in total. The van der Waals surface area contributed by atoms with Crippen molar-refractivity contribution in [1.29, 1.82) is 0 Å². The standard InChI is InChI=1S/C15H8Br2O2/c16-10-5-6-13-9(7-10)8-14(19-13)15(18)11-3-1-2-4-12(11)17/h1-8H. The third-order valence-electron chi connectivity index (χ3n) is 2.82. The van der Waals surface area contributed by atoms with Crippen LogP contribution in [0.2, 0.25) is 0 Å². The number of rotatable bonds is 2. The Morgan fingerprint density at radius 1 is 1.00 bits per heavy atom. The Morgan fingerprint density at radius 2 is 1.79 bits per heavy atom. The highest BCUT2D eigenvalue weighted by Gasteiger charge is 2.16. The summed E-state index contributed by atoms with van der Waals surface area (Å²) in [5.41, 5.74) is 1.30. The fourth-order valence-corrected chi connectivity index (χ4v) is 2.75.